The van der Waals surface area contributed by atoms with Crippen LogP contribution in [-0.4, -0.2) is 16.3 Å². The third-order valence-electron chi connectivity index (χ3n) is 2.12. The normalized spacial score (nSPS) is 12.7. The van der Waals surface area contributed by atoms with Gasteiger partial charge in [0.2, 0.25) is 5.91 Å². The molecule has 5 heteroatoms. The number of benzene rings is 1. The van der Waals surface area contributed by atoms with E-state index in [1.165, 1.54) is 0 Å². The second-order valence-corrected chi connectivity index (χ2v) is 4.18. The Morgan fingerprint density at radius 2 is 2.31 bits per heavy atom. The summed E-state index contributed by atoms with van der Waals surface area (Å²) in [5, 5.41) is 2.13. The standard InChI is InChI=1S/C11H11ClN2O2/c1-6(12)11(15)14-8-3-4-10-9(5-8)13-7(2)16-10/h3-6H,1-2H3,(H,14,15). The summed E-state index contributed by atoms with van der Waals surface area (Å²) in [6.45, 7) is 3.40. The van der Waals surface area contributed by atoms with E-state index < -0.39 is 5.38 Å². The second-order valence-electron chi connectivity index (χ2n) is 3.52. The Hall–Kier alpha value is -1.55. The number of amides is 1. The molecule has 1 amide bonds. The Morgan fingerprint density at radius 3 is 3.00 bits per heavy atom. The lowest BCUT2D eigenvalue weighted by atomic mass is 10.3. The molecular weight excluding hydrogens is 228 g/mol. The van der Waals surface area contributed by atoms with Gasteiger partial charge in [-0.25, -0.2) is 4.98 Å². The zero-order valence-corrected chi connectivity index (χ0v) is 9.71. The molecule has 2 aromatic rings. The van der Waals surface area contributed by atoms with Gasteiger partial charge in [-0.3, -0.25) is 4.79 Å². The van der Waals surface area contributed by atoms with Gasteiger partial charge < -0.3 is 9.73 Å². The maximum absolute atomic E-state index is 11.4. The lowest BCUT2D eigenvalue weighted by Crippen LogP contribution is -2.20. The van der Waals surface area contributed by atoms with Crippen molar-refractivity contribution in [3.8, 4) is 0 Å². The topological polar surface area (TPSA) is 55.1 Å². The van der Waals surface area contributed by atoms with E-state index in [9.17, 15) is 4.79 Å². The summed E-state index contributed by atoms with van der Waals surface area (Å²) in [7, 11) is 0. The van der Waals surface area contributed by atoms with Crippen LogP contribution in [0.5, 0.6) is 0 Å². The first-order chi connectivity index (χ1) is 7.56. The van der Waals surface area contributed by atoms with Gasteiger partial charge in [-0.2, -0.15) is 0 Å². The summed E-state index contributed by atoms with van der Waals surface area (Å²) in [6.07, 6.45) is 0. The van der Waals surface area contributed by atoms with Crippen LogP contribution in [-0.2, 0) is 4.79 Å². The van der Waals surface area contributed by atoms with E-state index in [-0.39, 0.29) is 5.91 Å². The van der Waals surface area contributed by atoms with Gasteiger partial charge in [0.15, 0.2) is 11.5 Å². The maximum atomic E-state index is 11.4. The first-order valence-electron chi connectivity index (χ1n) is 4.88. The van der Waals surface area contributed by atoms with Crippen LogP contribution < -0.4 is 5.32 Å². The molecule has 0 spiro atoms. The molecule has 1 unspecified atom stereocenters. The Morgan fingerprint density at radius 1 is 1.56 bits per heavy atom. The van der Waals surface area contributed by atoms with Crippen molar-refractivity contribution >= 4 is 34.3 Å². The number of aromatic nitrogens is 1. The number of anilines is 1. The molecule has 84 valence electrons. The van der Waals surface area contributed by atoms with Crippen molar-refractivity contribution in [2.24, 2.45) is 0 Å². The van der Waals surface area contributed by atoms with Crippen molar-refractivity contribution in [3.05, 3.63) is 24.1 Å². The van der Waals surface area contributed by atoms with E-state index in [0.29, 0.717) is 17.2 Å². The van der Waals surface area contributed by atoms with Crippen LogP contribution in [0.25, 0.3) is 11.1 Å². The van der Waals surface area contributed by atoms with E-state index in [1.807, 2.05) is 0 Å². The fourth-order valence-corrected chi connectivity index (χ4v) is 1.42. The molecule has 0 aliphatic carbocycles. The van der Waals surface area contributed by atoms with Crippen molar-refractivity contribution < 1.29 is 9.21 Å². The van der Waals surface area contributed by atoms with E-state index in [2.05, 4.69) is 10.3 Å². The van der Waals surface area contributed by atoms with Gasteiger partial charge >= 0.3 is 0 Å². The summed E-state index contributed by atoms with van der Waals surface area (Å²) in [4.78, 5) is 15.5. The van der Waals surface area contributed by atoms with Crippen molar-refractivity contribution in [2.45, 2.75) is 19.2 Å². The molecule has 0 bridgehead atoms. The average Bonchev–Trinajstić information content (AvgIpc) is 2.57. The molecule has 16 heavy (non-hydrogen) atoms. The summed E-state index contributed by atoms with van der Waals surface area (Å²) >= 11 is 5.65. The highest BCUT2D eigenvalue weighted by atomic mass is 35.5. The fraction of sp³-hybridized carbons (Fsp3) is 0.273. The smallest absolute Gasteiger partial charge is 0.242 e. The SMILES string of the molecule is Cc1nc2cc(NC(=O)C(C)Cl)ccc2o1. The number of hydrogen-bond donors (Lipinski definition) is 1. The highest BCUT2D eigenvalue weighted by Gasteiger charge is 2.10. The van der Waals surface area contributed by atoms with Crippen molar-refractivity contribution in [1.29, 1.82) is 0 Å². The molecule has 1 atom stereocenters. The Kier molecular flexibility index (Phi) is 2.83. The first kappa shape index (κ1) is 11.0. The number of alkyl halides is 1. The molecule has 0 aliphatic heterocycles. The molecule has 4 nitrogen and oxygen atoms in total. The lowest BCUT2D eigenvalue weighted by Gasteiger charge is -2.05. The van der Waals surface area contributed by atoms with Crippen LogP contribution in [0, 0.1) is 6.92 Å². The van der Waals surface area contributed by atoms with E-state index in [1.54, 1.807) is 32.0 Å². The molecule has 0 saturated carbocycles. The van der Waals surface area contributed by atoms with Crippen LogP contribution >= 0.6 is 11.6 Å². The minimum atomic E-state index is -0.560. The van der Waals surface area contributed by atoms with Crippen molar-refractivity contribution in [1.82, 2.24) is 4.98 Å². The zero-order valence-electron chi connectivity index (χ0n) is 8.95. The molecule has 0 aliphatic rings. The van der Waals surface area contributed by atoms with Crippen LogP contribution in [0.4, 0.5) is 5.69 Å². The summed E-state index contributed by atoms with van der Waals surface area (Å²) < 4.78 is 5.33. The van der Waals surface area contributed by atoms with Crippen molar-refractivity contribution in [3.63, 3.8) is 0 Å². The number of rotatable bonds is 2. The molecular formula is C11H11ClN2O2. The van der Waals surface area contributed by atoms with E-state index >= 15 is 0 Å². The number of fused-ring (bicyclic) bond motifs is 1. The Labute approximate surface area is 97.6 Å². The van der Waals surface area contributed by atoms with Gasteiger partial charge in [-0.05, 0) is 25.1 Å². The second kappa shape index (κ2) is 4.14. The third-order valence-corrected chi connectivity index (χ3v) is 2.32. The number of oxazole rings is 1. The predicted octanol–water partition coefficient (Wildman–Crippen LogP) is 2.70. The van der Waals surface area contributed by atoms with Crippen molar-refractivity contribution in [2.75, 3.05) is 5.32 Å². The van der Waals surface area contributed by atoms with Crippen LogP contribution in [0.1, 0.15) is 12.8 Å². The Bertz CT molecular complexity index is 534. The third kappa shape index (κ3) is 2.17. The lowest BCUT2D eigenvalue weighted by molar-refractivity contribution is -0.115. The van der Waals surface area contributed by atoms with Gasteiger partial charge in [0, 0.05) is 12.6 Å². The number of nitrogens with one attached hydrogen (secondary N) is 1. The highest BCUT2D eigenvalue weighted by Crippen LogP contribution is 2.19. The van der Waals surface area contributed by atoms with Gasteiger partial charge in [0.05, 0.1) is 0 Å². The zero-order chi connectivity index (χ0) is 11.7. The minimum Gasteiger partial charge on any atom is -0.441 e. The van der Waals surface area contributed by atoms with Gasteiger partial charge in [-0.15, -0.1) is 11.6 Å². The number of aryl methyl sites for hydroxylation is 1. The maximum Gasteiger partial charge on any atom is 0.242 e. The van der Waals surface area contributed by atoms with Gasteiger partial charge in [-0.1, -0.05) is 0 Å². The first-order valence-corrected chi connectivity index (χ1v) is 5.32. The van der Waals surface area contributed by atoms with Crippen LogP contribution in [0.2, 0.25) is 0 Å². The molecule has 1 aromatic carbocycles. The minimum absolute atomic E-state index is 0.235. The molecule has 0 fully saturated rings. The largest absolute Gasteiger partial charge is 0.441 e. The monoisotopic (exact) mass is 238 g/mol. The quantitative estimate of drug-likeness (QED) is 0.819. The summed E-state index contributed by atoms with van der Waals surface area (Å²) in [5.74, 6) is 0.366. The number of carbonyl (C=O) groups is 1. The van der Waals surface area contributed by atoms with E-state index in [4.69, 9.17) is 16.0 Å². The highest BCUT2D eigenvalue weighted by molar-refractivity contribution is 6.32. The van der Waals surface area contributed by atoms with Crippen LogP contribution in [0.15, 0.2) is 22.6 Å². The molecule has 0 radical (unpaired) electrons. The molecule has 1 heterocycles. The number of nitrogens with zero attached hydrogens (tertiary/aromatic N) is 1. The molecule has 0 saturated heterocycles. The molecule has 2 rings (SSSR count). The van der Waals surface area contributed by atoms with Gasteiger partial charge in [0.25, 0.3) is 0 Å². The summed E-state index contributed by atoms with van der Waals surface area (Å²) in [6, 6.07) is 5.27. The fourth-order valence-electron chi connectivity index (χ4n) is 1.36. The van der Waals surface area contributed by atoms with Gasteiger partial charge in [0.1, 0.15) is 10.9 Å². The molecule has 1 aromatic heterocycles. The predicted molar refractivity (Wildman–Crippen MR) is 62.7 cm³/mol. The van der Waals surface area contributed by atoms with E-state index in [0.717, 1.165) is 5.52 Å². The number of halogens is 1. The average molecular weight is 239 g/mol. The Balaban J connectivity index is 2.29. The summed E-state index contributed by atoms with van der Waals surface area (Å²) in [5.41, 5.74) is 2.09. The van der Waals surface area contributed by atoms with Crippen LogP contribution in [0.3, 0.4) is 0 Å². The number of hydrogen-bond acceptors (Lipinski definition) is 3. The number of carbonyl (C=O) groups excluding carboxylic acids is 1. The molecule has 1 N–H and O–H groups in total.